The van der Waals surface area contributed by atoms with E-state index in [2.05, 4.69) is 9.71 Å². The van der Waals surface area contributed by atoms with Crippen molar-refractivity contribution in [2.45, 2.75) is 6.61 Å². The first-order valence-corrected chi connectivity index (χ1v) is 9.95. The van der Waals surface area contributed by atoms with Crippen LogP contribution in [0.5, 0.6) is 0 Å². The standard InChI is InChI=1S/C20H18N2O5S/c23-20(14-22-28(24,25)12-11-16-7-3-1-4-8-16)26-15-19-21-13-18(27-19)17-9-5-2-6-10-17/h1-13,22H,14-15H2/b12-11+. The highest BCUT2D eigenvalue weighted by Crippen LogP contribution is 2.19. The van der Waals surface area contributed by atoms with Crippen LogP contribution in [-0.2, 0) is 26.2 Å². The van der Waals surface area contributed by atoms with Gasteiger partial charge in [0.15, 0.2) is 12.4 Å². The van der Waals surface area contributed by atoms with Crippen molar-refractivity contribution in [3.8, 4) is 11.3 Å². The minimum absolute atomic E-state index is 0.187. The van der Waals surface area contributed by atoms with E-state index in [-0.39, 0.29) is 12.5 Å². The van der Waals surface area contributed by atoms with Crippen LogP contribution >= 0.6 is 0 Å². The van der Waals surface area contributed by atoms with Crippen molar-refractivity contribution in [1.82, 2.24) is 9.71 Å². The van der Waals surface area contributed by atoms with Gasteiger partial charge in [0.05, 0.1) is 6.20 Å². The lowest BCUT2D eigenvalue weighted by molar-refractivity contribution is -0.144. The first kappa shape index (κ1) is 19.5. The van der Waals surface area contributed by atoms with Gasteiger partial charge in [-0.1, -0.05) is 60.7 Å². The van der Waals surface area contributed by atoms with Gasteiger partial charge in [-0.25, -0.2) is 18.1 Å². The molecule has 0 spiro atoms. The second kappa shape index (κ2) is 9.12. The van der Waals surface area contributed by atoms with Crippen molar-refractivity contribution in [2.24, 2.45) is 0 Å². The van der Waals surface area contributed by atoms with Gasteiger partial charge in [0, 0.05) is 11.0 Å². The monoisotopic (exact) mass is 398 g/mol. The molecule has 0 bridgehead atoms. The summed E-state index contributed by atoms with van der Waals surface area (Å²) in [6, 6.07) is 18.3. The zero-order valence-electron chi connectivity index (χ0n) is 14.8. The average molecular weight is 398 g/mol. The lowest BCUT2D eigenvalue weighted by atomic mass is 10.2. The number of carbonyl (C=O) groups is 1. The Morgan fingerprint density at radius 1 is 1.07 bits per heavy atom. The third-order valence-electron chi connectivity index (χ3n) is 3.63. The number of nitrogens with one attached hydrogen (secondary N) is 1. The quantitative estimate of drug-likeness (QED) is 0.586. The number of carbonyl (C=O) groups excluding carboxylic acids is 1. The molecule has 3 rings (SSSR count). The van der Waals surface area contributed by atoms with Crippen molar-refractivity contribution in [3.63, 3.8) is 0 Å². The van der Waals surface area contributed by atoms with Gasteiger partial charge in [-0.3, -0.25) is 4.79 Å². The largest absolute Gasteiger partial charge is 0.455 e. The van der Waals surface area contributed by atoms with Gasteiger partial charge in [0.2, 0.25) is 15.9 Å². The van der Waals surface area contributed by atoms with Crippen LogP contribution in [0.15, 0.2) is 76.7 Å². The Kier molecular flexibility index (Phi) is 6.36. The summed E-state index contributed by atoms with van der Waals surface area (Å²) in [5.41, 5.74) is 1.58. The summed E-state index contributed by atoms with van der Waals surface area (Å²) in [4.78, 5) is 15.8. The predicted octanol–water partition coefficient (Wildman–Crippen LogP) is 2.98. The third-order valence-corrected chi connectivity index (χ3v) is 4.67. The molecule has 0 radical (unpaired) electrons. The van der Waals surface area contributed by atoms with Crippen LogP contribution in [0.1, 0.15) is 11.5 Å². The Hall–Kier alpha value is -3.23. The SMILES string of the molecule is O=C(CNS(=O)(=O)/C=C/c1ccccc1)OCc1ncc(-c2ccccc2)o1. The molecular weight excluding hydrogens is 380 g/mol. The number of hydrogen-bond donors (Lipinski definition) is 1. The summed E-state index contributed by atoms with van der Waals surface area (Å²) in [5.74, 6) is 0.0357. The van der Waals surface area contributed by atoms with Crippen LogP contribution < -0.4 is 4.72 Å². The lowest BCUT2D eigenvalue weighted by Crippen LogP contribution is -2.29. The Morgan fingerprint density at radius 2 is 1.75 bits per heavy atom. The fraction of sp³-hybridized carbons (Fsp3) is 0.100. The van der Waals surface area contributed by atoms with E-state index in [1.54, 1.807) is 24.3 Å². The number of ether oxygens (including phenoxy) is 1. The van der Waals surface area contributed by atoms with Crippen LogP contribution in [0.25, 0.3) is 17.4 Å². The molecule has 0 fully saturated rings. The molecule has 1 heterocycles. The van der Waals surface area contributed by atoms with Gasteiger partial charge >= 0.3 is 5.97 Å². The smallest absolute Gasteiger partial charge is 0.321 e. The fourth-order valence-electron chi connectivity index (χ4n) is 2.25. The van der Waals surface area contributed by atoms with E-state index >= 15 is 0 Å². The molecule has 2 aromatic carbocycles. The molecule has 0 aliphatic rings. The van der Waals surface area contributed by atoms with E-state index in [1.807, 2.05) is 36.4 Å². The minimum Gasteiger partial charge on any atom is -0.455 e. The topological polar surface area (TPSA) is 98.5 Å². The highest BCUT2D eigenvalue weighted by Gasteiger charge is 2.12. The molecule has 0 saturated heterocycles. The van der Waals surface area contributed by atoms with Crippen molar-refractivity contribution in [1.29, 1.82) is 0 Å². The molecule has 1 N–H and O–H groups in total. The maximum Gasteiger partial charge on any atom is 0.321 e. The average Bonchev–Trinajstić information content (AvgIpc) is 3.20. The summed E-state index contributed by atoms with van der Waals surface area (Å²) >= 11 is 0. The summed E-state index contributed by atoms with van der Waals surface area (Å²) in [6.45, 7) is -0.680. The zero-order valence-corrected chi connectivity index (χ0v) is 15.6. The molecule has 8 heteroatoms. The van der Waals surface area contributed by atoms with Crippen molar-refractivity contribution in [3.05, 3.63) is 83.7 Å². The van der Waals surface area contributed by atoms with E-state index in [4.69, 9.17) is 9.15 Å². The van der Waals surface area contributed by atoms with E-state index in [9.17, 15) is 13.2 Å². The molecule has 0 unspecified atom stereocenters. The van der Waals surface area contributed by atoms with Gasteiger partial charge in [0.25, 0.3) is 0 Å². The summed E-state index contributed by atoms with van der Waals surface area (Å²) in [6.07, 6.45) is 2.97. The molecule has 7 nitrogen and oxygen atoms in total. The number of rotatable bonds is 8. The van der Waals surface area contributed by atoms with Crippen LogP contribution in [0, 0.1) is 0 Å². The van der Waals surface area contributed by atoms with Gasteiger partial charge in [-0.2, -0.15) is 0 Å². The van der Waals surface area contributed by atoms with Crippen LogP contribution in [0.2, 0.25) is 0 Å². The minimum atomic E-state index is -3.76. The Bertz CT molecular complexity index is 1040. The molecule has 0 aliphatic heterocycles. The Labute approximate surface area is 162 Å². The molecule has 0 aliphatic carbocycles. The summed E-state index contributed by atoms with van der Waals surface area (Å²) < 4.78 is 36.5. The second-order valence-electron chi connectivity index (χ2n) is 5.72. The molecule has 1 aromatic heterocycles. The summed E-state index contributed by atoms with van der Waals surface area (Å²) in [7, 11) is -3.76. The third kappa shape index (κ3) is 5.90. The lowest BCUT2D eigenvalue weighted by Gasteiger charge is -2.03. The predicted molar refractivity (Wildman–Crippen MR) is 104 cm³/mol. The first-order chi connectivity index (χ1) is 13.5. The number of benzene rings is 2. The highest BCUT2D eigenvalue weighted by molar-refractivity contribution is 7.92. The highest BCUT2D eigenvalue weighted by atomic mass is 32.2. The number of nitrogens with zero attached hydrogens (tertiary/aromatic N) is 1. The van der Waals surface area contributed by atoms with Gasteiger partial charge in [-0.05, 0) is 11.6 Å². The van der Waals surface area contributed by atoms with E-state index < -0.39 is 22.5 Å². The Balaban J connectivity index is 1.47. The van der Waals surface area contributed by atoms with E-state index in [0.29, 0.717) is 5.76 Å². The molecule has 0 atom stereocenters. The number of sulfonamides is 1. The molecule has 28 heavy (non-hydrogen) atoms. The molecular formula is C20H18N2O5S. The number of aromatic nitrogens is 1. The fourth-order valence-corrected chi connectivity index (χ4v) is 3.00. The number of hydrogen-bond acceptors (Lipinski definition) is 6. The summed E-state index contributed by atoms with van der Waals surface area (Å²) in [5, 5.41) is 0.996. The molecule has 3 aromatic rings. The van der Waals surface area contributed by atoms with Crippen LogP contribution in [0.4, 0.5) is 0 Å². The van der Waals surface area contributed by atoms with Crippen molar-refractivity contribution < 1.29 is 22.4 Å². The first-order valence-electron chi connectivity index (χ1n) is 8.40. The maximum absolute atomic E-state index is 11.9. The van der Waals surface area contributed by atoms with Gasteiger partial charge in [-0.15, -0.1) is 0 Å². The molecule has 144 valence electrons. The van der Waals surface area contributed by atoms with Crippen molar-refractivity contribution in [2.75, 3.05) is 6.54 Å². The zero-order chi connectivity index (χ0) is 19.8. The second-order valence-corrected chi connectivity index (χ2v) is 7.38. The van der Waals surface area contributed by atoms with Crippen molar-refractivity contribution >= 4 is 22.1 Å². The normalized spacial score (nSPS) is 11.6. The van der Waals surface area contributed by atoms with E-state index in [1.165, 1.54) is 12.3 Å². The van der Waals surface area contributed by atoms with Gasteiger partial charge < -0.3 is 9.15 Å². The number of oxazole rings is 1. The molecule has 0 amide bonds. The maximum atomic E-state index is 11.9. The van der Waals surface area contributed by atoms with E-state index in [0.717, 1.165) is 16.5 Å². The molecule has 0 saturated carbocycles. The van der Waals surface area contributed by atoms with Gasteiger partial charge in [0.1, 0.15) is 6.54 Å². The number of esters is 1. The van der Waals surface area contributed by atoms with Crippen LogP contribution in [0.3, 0.4) is 0 Å². The Morgan fingerprint density at radius 3 is 2.46 bits per heavy atom. The van der Waals surface area contributed by atoms with Crippen LogP contribution in [-0.4, -0.2) is 25.9 Å².